The van der Waals surface area contributed by atoms with Gasteiger partial charge in [-0.3, -0.25) is 9.59 Å². The van der Waals surface area contributed by atoms with Crippen molar-refractivity contribution in [3.05, 3.63) is 0 Å². The highest BCUT2D eigenvalue weighted by atomic mass is 35.5. The molecule has 98 valence electrons. The van der Waals surface area contributed by atoms with E-state index in [4.69, 9.17) is 5.73 Å². The summed E-state index contributed by atoms with van der Waals surface area (Å²) < 4.78 is 0. The number of nitrogens with one attached hydrogen (secondary N) is 2. The largest absolute Gasteiger partial charge is 0.348 e. The summed E-state index contributed by atoms with van der Waals surface area (Å²) in [4.78, 5) is 22.9. The number of carbonyl (C=O) groups excluding carboxylic acids is 2. The van der Waals surface area contributed by atoms with Crippen LogP contribution in [-0.2, 0) is 9.59 Å². The fraction of sp³-hybridized carbons (Fsp3) is 0.818. The van der Waals surface area contributed by atoms with Gasteiger partial charge < -0.3 is 16.4 Å². The Morgan fingerprint density at radius 2 is 2.18 bits per heavy atom. The maximum absolute atomic E-state index is 11.9. The number of hydrogen-bond acceptors (Lipinski definition) is 3. The Morgan fingerprint density at radius 1 is 1.53 bits per heavy atom. The van der Waals surface area contributed by atoms with Crippen LogP contribution < -0.4 is 16.4 Å². The molecule has 2 rings (SSSR count). The molecule has 1 saturated heterocycles. The van der Waals surface area contributed by atoms with E-state index in [2.05, 4.69) is 10.6 Å². The Hall–Kier alpha value is -0.810. The lowest BCUT2D eigenvalue weighted by atomic mass is 9.95. The number of carbonyl (C=O) groups is 2. The minimum absolute atomic E-state index is 0. The second kappa shape index (κ2) is 5.23. The lowest BCUT2D eigenvalue weighted by Gasteiger charge is -2.30. The molecule has 1 aliphatic carbocycles. The molecule has 0 aromatic carbocycles. The average molecular weight is 262 g/mol. The molecule has 2 aliphatic rings. The van der Waals surface area contributed by atoms with Gasteiger partial charge in [-0.25, -0.2) is 0 Å². The van der Waals surface area contributed by atoms with Crippen LogP contribution >= 0.6 is 12.4 Å². The van der Waals surface area contributed by atoms with Gasteiger partial charge in [-0.1, -0.05) is 0 Å². The molecule has 1 aliphatic heterocycles. The van der Waals surface area contributed by atoms with E-state index < -0.39 is 0 Å². The van der Waals surface area contributed by atoms with Crippen molar-refractivity contribution < 1.29 is 9.59 Å². The average Bonchev–Trinajstić information content (AvgIpc) is 3.02. The number of nitrogens with two attached hydrogens (primary N) is 1. The standard InChI is InChI=1S/C11H19N3O2.ClH/c1-11(6-12,7-2-3-7)14-10(16)8-4-5-9(15)13-8;/h7-8H,2-6,12H2,1H3,(H,13,15)(H,14,16);1H/t8-,11?;/m1./s1. The van der Waals surface area contributed by atoms with Gasteiger partial charge in [0.1, 0.15) is 6.04 Å². The molecule has 2 amide bonds. The van der Waals surface area contributed by atoms with Crippen LogP contribution in [0.5, 0.6) is 0 Å². The van der Waals surface area contributed by atoms with Crippen LogP contribution in [0.2, 0.25) is 0 Å². The highest BCUT2D eigenvalue weighted by Gasteiger charge is 2.43. The smallest absolute Gasteiger partial charge is 0.243 e. The quantitative estimate of drug-likeness (QED) is 0.662. The summed E-state index contributed by atoms with van der Waals surface area (Å²) in [6, 6.07) is -0.364. The Bertz CT molecular complexity index is 320. The maximum atomic E-state index is 11.9. The Morgan fingerprint density at radius 3 is 2.59 bits per heavy atom. The molecule has 2 fully saturated rings. The van der Waals surface area contributed by atoms with Crippen LogP contribution in [-0.4, -0.2) is 29.9 Å². The zero-order valence-corrected chi connectivity index (χ0v) is 10.8. The summed E-state index contributed by atoms with van der Waals surface area (Å²) in [5.41, 5.74) is 5.42. The molecular weight excluding hydrogens is 242 g/mol. The van der Waals surface area contributed by atoms with E-state index in [1.165, 1.54) is 0 Å². The molecule has 5 nitrogen and oxygen atoms in total. The van der Waals surface area contributed by atoms with Gasteiger partial charge in [0, 0.05) is 13.0 Å². The number of hydrogen-bond donors (Lipinski definition) is 3. The number of amides is 2. The number of halogens is 1. The minimum Gasteiger partial charge on any atom is -0.348 e. The van der Waals surface area contributed by atoms with Crippen molar-refractivity contribution in [3.8, 4) is 0 Å². The second-order valence-corrected chi connectivity index (χ2v) is 5.04. The molecule has 0 bridgehead atoms. The fourth-order valence-electron chi connectivity index (χ4n) is 2.22. The van der Waals surface area contributed by atoms with E-state index in [0.717, 1.165) is 12.8 Å². The Kier molecular flexibility index (Phi) is 4.38. The minimum atomic E-state index is -0.364. The van der Waals surface area contributed by atoms with E-state index >= 15 is 0 Å². The van der Waals surface area contributed by atoms with Crippen LogP contribution in [0.1, 0.15) is 32.6 Å². The third-order valence-corrected chi connectivity index (χ3v) is 3.62. The summed E-state index contributed by atoms with van der Waals surface area (Å²) in [6.07, 6.45) is 3.30. The van der Waals surface area contributed by atoms with Gasteiger partial charge in [-0.2, -0.15) is 0 Å². The third-order valence-electron chi connectivity index (χ3n) is 3.62. The van der Waals surface area contributed by atoms with Crippen molar-refractivity contribution in [1.82, 2.24) is 10.6 Å². The monoisotopic (exact) mass is 261 g/mol. The third kappa shape index (κ3) is 3.10. The predicted octanol–water partition coefficient (Wildman–Crippen LogP) is -0.0696. The summed E-state index contributed by atoms with van der Waals surface area (Å²) in [5, 5.41) is 5.66. The SMILES string of the molecule is CC(CN)(NC(=O)[C@H]1CCC(=O)N1)C1CC1.Cl. The first-order valence-corrected chi connectivity index (χ1v) is 5.86. The van der Waals surface area contributed by atoms with Crippen molar-refractivity contribution in [2.24, 2.45) is 11.7 Å². The van der Waals surface area contributed by atoms with Gasteiger partial charge in [-0.15, -0.1) is 12.4 Å². The molecule has 1 saturated carbocycles. The van der Waals surface area contributed by atoms with Gasteiger partial charge in [0.15, 0.2) is 0 Å². The summed E-state index contributed by atoms with van der Waals surface area (Å²) in [5.74, 6) is 0.366. The first-order chi connectivity index (χ1) is 7.55. The molecule has 0 aromatic rings. The van der Waals surface area contributed by atoms with E-state index in [9.17, 15) is 9.59 Å². The van der Waals surface area contributed by atoms with Crippen LogP contribution in [0.4, 0.5) is 0 Å². The first kappa shape index (κ1) is 14.3. The van der Waals surface area contributed by atoms with Crippen LogP contribution in [0.15, 0.2) is 0 Å². The summed E-state index contributed by atoms with van der Waals surface area (Å²) in [7, 11) is 0. The highest BCUT2D eigenvalue weighted by molar-refractivity contribution is 5.91. The molecule has 6 heteroatoms. The van der Waals surface area contributed by atoms with Gasteiger partial charge >= 0.3 is 0 Å². The topological polar surface area (TPSA) is 84.2 Å². The van der Waals surface area contributed by atoms with Gasteiger partial charge in [0.25, 0.3) is 0 Å². The van der Waals surface area contributed by atoms with Crippen LogP contribution in [0.25, 0.3) is 0 Å². The fourth-order valence-corrected chi connectivity index (χ4v) is 2.22. The molecule has 2 atom stereocenters. The van der Waals surface area contributed by atoms with E-state index in [1.54, 1.807) is 0 Å². The lowest BCUT2D eigenvalue weighted by molar-refractivity contribution is -0.127. The normalized spacial score (nSPS) is 26.7. The predicted molar refractivity (Wildman–Crippen MR) is 66.7 cm³/mol. The van der Waals surface area contributed by atoms with E-state index in [0.29, 0.717) is 25.3 Å². The van der Waals surface area contributed by atoms with Crippen molar-refractivity contribution in [1.29, 1.82) is 0 Å². The second-order valence-electron chi connectivity index (χ2n) is 5.04. The molecule has 0 aromatic heterocycles. The Balaban J connectivity index is 0.00000144. The van der Waals surface area contributed by atoms with E-state index in [-0.39, 0.29) is 35.8 Å². The molecular formula is C11H20ClN3O2. The maximum Gasteiger partial charge on any atom is 0.243 e. The number of rotatable bonds is 4. The molecule has 4 N–H and O–H groups in total. The van der Waals surface area contributed by atoms with Crippen molar-refractivity contribution in [2.45, 2.75) is 44.2 Å². The summed E-state index contributed by atoms with van der Waals surface area (Å²) in [6.45, 7) is 2.43. The molecule has 0 radical (unpaired) electrons. The highest BCUT2D eigenvalue weighted by Crippen LogP contribution is 2.39. The van der Waals surface area contributed by atoms with Gasteiger partial charge in [0.05, 0.1) is 5.54 Å². The van der Waals surface area contributed by atoms with Crippen molar-refractivity contribution in [2.75, 3.05) is 6.54 Å². The molecule has 1 unspecified atom stereocenters. The molecule has 1 heterocycles. The van der Waals surface area contributed by atoms with Crippen molar-refractivity contribution >= 4 is 24.2 Å². The summed E-state index contributed by atoms with van der Waals surface area (Å²) >= 11 is 0. The molecule has 17 heavy (non-hydrogen) atoms. The van der Waals surface area contributed by atoms with Crippen molar-refractivity contribution in [3.63, 3.8) is 0 Å². The zero-order valence-electron chi connectivity index (χ0n) is 9.99. The Labute approximate surface area is 107 Å². The van der Waals surface area contributed by atoms with Crippen LogP contribution in [0, 0.1) is 5.92 Å². The lowest BCUT2D eigenvalue weighted by Crippen LogP contribution is -2.57. The van der Waals surface area contributed by atoms with E-state index in [1.807, 2.05) is 6.92 Å². The van der Waals surface area contributed by atoms with Gasteiger partial charge in [-0.05, 0) is 32.1 Å². The van der Waals surface area contributed by atoms with Gasteiger partial charge in [0.2, 0.25) is 11.8 Å². The first-order valence-electron chi connectivity index (χ1n) is 5.86. The molecule has 0 spiro atoms. The van der Waals surface area contributed by atoms with Crippen LogP contribution in [0.3, 0.4) is 0 Å². The zero-order chi connectivity index (χ0) is 11.8.